The highest BCUT2D eigenvalue weighted by atomic mass is 79.9. The Kier molecular flexibility index (Phi) is 4.42. The van der Waals surface area contributed by atoms with E-state index in [9.17, 15) is 8.42 Å². The van der Waals surface area contributed by atoms with Crippen LogP contribution in [0.1, 0.15) is 18.5 Å². The molecule has 0 aliphatic carbocycles. The minimum atomic E-state index is -3.62. The van der Waals surface area contributed by atoms with Crippen LogP contribution in [0.15, 0.2) is 52.0 Å². The van der Waals surface area contributed by atoms with E-state index in [0.717, 1.165) is 10.0 Å². The number of nitrogens with zero attached hydrogens (tertiary/aromatic N) is 1. The van der Waals surface area contributed by atoms with Gasteiger partial charge in [0.15, 0.2) is 0 Å². The Morgan fingerprint density at radius 2 is 1.90 bits per heavy atom. The Hall–Kier alpha value is -1.44. The van der Waals surface area contributed by atoms with Crippen molar-refractivity contribution in [2.24, 2.45) is 0 Å². The molecule has 1 unspecified atom stereocenters. The molecule has 0 bridgehead atoms. The van der Waals surface area contributed by atoms with Gasteiger partial charge in [0.05, 0.1) is 4.90 Å². The SMILES string of the molecule is CC(NS(=O)(=O)c1ccnc(N)c1)c1ccc(Br)cc1. The number of rotatable bonds is 4. The highest BCUT2D eigenvalue weighted by Crippen LogP contribution is 2.19. The van der Waals surface area contributed by atoms with Crippen molar-refractivity contribution < 1.29 is 8.42 Å². The number of hydrogen-bond donors (Lipinski definition) is 2. The van der Waals surface area contributed by atoms with E-state index in [0.29, 0.717) is 0 Å². The summed E-state index contributed by atoms with van der Waals surface area (Å²) in [6, 6.07) is 9.84. The van der Waals surface area contributed by atoms with Crippen molar-refractivity contribution in [3.05, 3.63) is 52.6 Å². The van der Waals surface area contributed by atoms with Crippen LogP contribution in [0.2, 0.25) is 0 Å². The number of benzene rings is 1. The van der Waals surface area contributed by atoms with Crippen LogP contribution in [0, 0.1) is 0 Å². The average molecular weight is 356 g/mol. The second-order valence-electron chi connectivity index (χ2n) is 4.31. The van der Waals surface area contributed by atoms with Gasteiger partial charge in [0, 0.05) is 22.8 Å². The number of nitrogens with one attached hydrogen (secondary N) is 1. The maximum Gasteiger partial charge on any atom is 0.241 e. The summed E-state index contributed by atoms with van der Waals surface area (Å²) in [5, 5.41) is 0. The number of anilines is 1. The molecule has 2 rings (SSSR count). The minimum Gasteiger partial charge on any atom is -0.384 e. The lowest BCUT2D eigenvalue weighted by Crippen LogP contribution is -2.27. The Bertz CT molecular complexity index is 702. The van der Waals surface area contributed by atoms with E-state index in [-0.39, 0.29) is 16.8 Å². The summed E-state index contributed by atoms with van der Waals surface area (Å²) in [6.07, 6.45) is 1.37. The third kappa shape index (κ3) is 3.56. The lowest BCUT2D eigenvalue weighted by atomic mass is 10.1. The van der Waals surface area contributed by atoms with E-state index >= 15 is 0 Å². The largest absolute Gasteiger partial charge is 0.384 e. The van der Waals surface area contributed by atoms with Gasteiger partial charge in [-0.25, -0.2) is 18.1 Å². The van der Waals surface area contributed by atoms with Crippen molar-refractivity contribution in [1.82, 2.24) is 9.71 Å². The third-order valence-electron chi connectivity index (χ3n) is 2.76. The quantitative estimate of drug-likeness (QED) is 0.881. The summed E-state index contributed by atoms with van der Waals surface area (Å²) >= 11 is 3.34. The van der Waals surface area contributed by atoms with Crippen LogP contribution in [0.25, 0.3) is 0 Å². The molecule has 0 amide bonds. The number of hydrogen-bond acceptors (Lipinski definition) is 4. The number of nitrogens with two attached hydrogens (primary N) is 1. The first-order valence-corrected chi connectivity index (χ1v) is 8.15. The number of aromatic nitrogens is 1. The molecule has 7 heteroatoms. The van der Waals surface area contributed by atoms with Gasteiger partial charge in [-0.1, -0.05) is 28.1 Å². The summed E-state index contributed by atoms with van der Waals surface area (Å²) in [7, 11) is -3.62. The predicted molar refractivity (Wildman–Crippen MR) is 81.5 cm³/mol. The second-order valence-corrected chi connectivity index (χ2v) is 6.94. The zero-order chi connectivity index (χ0) is 14.8. The molecule has 20 heavy (non-hydrogen) atoms. The normalized spacial score (nSPS) is 13.1. The summed E-state index contributed by atoms with van der Waals surface area (Å²) in [5.74, 6) is 0.171. The Labute approximate surface area is 126 Å². The van der Waals surface area contributed by atoms with E-state index in [1.54, 1.807) is 6.92 Å². The zero-order valence-electron chi connectivity index (χ0n) is 10.7. The molecule has 0 saturated heterocycles. The molecule has 0 radical (unpaired) electrons. The van der Waals surface area contributed by atoms with E-state index in [4.69, 9.17) is 5.73 Å². The topological polar surface area (TPSA) is 85.1 Å². The van der Waals surface area contributed by atoms with Gasteiger partial charge in [-0.05, 0) is 30.7 Å². The van der Waals surface area contributed by atoms with Crippen LogP contribution in [0.4, 0.5) is 5.82 Å². The maximum atomic E-state index is 12.2. The third-order valence-corrected chi connectivity index (χ3v) is 4.83. The molecule has 1 heterocycles. The Morgan fingerprint density at radius 1 is 1.25 bits per heavy atom. The average Bonchev–Trinajstić information content (AvgIpc) is 2.39. The number of halogens is 1. The van der Waals surface area contributed by atoms with Gasteiger partial charge in [0.2, 0.25) is 10.0 Å². The molecule has 3 N–H and O–H groups in total. The molecule has 1 aromatic heterocycles. The van der Waals surface area contributed by atoms with Gasteiger partial charge >= 0.3 is 0 Å². The zero-order valence-corrected chi connectivity index (χ0v) is 13.1. The van der Waals surface area contributed by atoms with E-state index < -0.39 is 10.0 Å². The molecule has 0 spiro atoms. The molecule has 0 aliphatic rings. The van der Waals surface area contributed by atoms with Crippen molar-refractivity contribution in [3.8, 4) is 0 Å². The minimum absolute atomic E-state index is 0.106. The molecule has 2 aromatic rings. The van der Waals surface area contributed by atoms with Crippen LogP contribution in [0.5, 0.6) is 0 Å². The van der Waals surface area contributed by atoms with Crippen molar-refractivity contribution in [2.75, 3.05) is 5.73 Å². The molecule has 1 atom stereocenters. The van der Waals surface area contributed by atoms with Crippen molar-refractivity contribution in [1.29, 1.82) is 0 Å². The number of nitrogen functional groups attached to an aromatic ring is 1. The highest BCUT2D eigenvalue weighted by molar-refractivity contribution is 9.10. The van der Waals surface area contributed by atoms with Crippen LogP contribution in [-0.4, -0.2) is 13.4 Å². The summed E-state index contributed by atoms with van der Waals surface area (Å²) in [5.41, 5.74) is 6.38. The van der Waals surface area contributed by atoms with E-state index in [1.165, 1.54) is 18.3 Å². The van der Waals surface area contributed by atoms with Crippen LogP contribution >= 0.6 is 15.9 Å². The number of pyridine rings is 1. The fourth-order valence-corrected chi connectivity index (χ4v) is 3.23. The van der Waals surface area contributed by atoms with Crippen LogP contribution in [0.3, 0.4) is 0 Å². The van der Waals surface area contributed by atoms with Crippen LogP contribution in [-0.2, 0) is 10.0 Å². The lowest BCUT2D eigenvalue weighted by molar-refractivity contribution is 0.567. The van der Waals surface area contributed by atoms with Gasteiger partial charge in [-0.15, -0.1) is 0 Å². The van der Waals surface area contributed by atoms with E-state index in [2.05, 4.69) is 25.6 Å². The predicted octanol–water partition coefficient (Wildman–Crippen LogP) is 2.47. The first-order chi connectivity index (χ1) is 9.38. The van der Waals surface area contributed by atoms with Crippen LogP contribution < -0.4 is 10.5 Å². The monoisotopic (exact) mass is 355 g/mol. The second kappa shape index (κ2) is 5.90. The van der Waals surface area contributed by atoms with Crippen molar-refractivity contribution in [3.63, 3.8) is 0 Å². The fourth-order valence-electron chi connectivity index (χ4n) is 1.72. The number of sulfonamides is 1. The van der Waals surface area contributed by atoms with Gasteiger partial charge in [0.1, 0.15) is 5.82 Å². The van der Waals surface area contributed by atoms with E-state index in [1.807, 2.05) is 24.3 Å². The molecule has 5 nitrogen and oxygen atoms in total. The highest BCUT2D eigenvalue weighted by Gasteiger charge is 2.18. The molecule has 106 valence electrons. The first kappa shape index (κ1) is 15.0. The molecule has 0 fully saturated rings. The van der Waals surface area contributed by atoms with Gasteiger partial charge in [-0.2, -0.15) is 0 Å². The smallest absolute Gasteiger partial charge is 0.241 e. The summed E-state index contributed by atoms with van der Waals surface area (Å²) in [4.78, 5) is 3.89. The van der Waals surface area contributed by atoms with Gasteiger partial charge in [0.25, 0.3) is 0 Å². The molecular weight excluding hydrogens is 342 g/mol. The summed E-state index contributed by atoms with van der Waals surface area (Å²) in [6.45, 7) is 1.78. The van der Waals surface area contributed by atoms with Crippen molar-refractivity contribution >= 4 is 31.8 Å². The first-order valence-electron chi connectivity index (χ1n) is 5.88. The lowest BCUT2D eigenvalue weighted by Gasteiger charge is -2.15. The summed E-state index contributed by atoms with van der Waals surface area (Å²) < 4.78 is 28.0. The Morgan fingerprint density at radius 3 is 2.50 bits per heavy atom. The molecule has 1 aromatic carbocycles. The standard InChI is InChI=1S/C13H14BrN3O2S/c1-9(10-2-4-11(14)5-3-10)17-20(18,19)12-6-7-16-13(15)8-12/h2-9,17H,1H3,(H2,15,16). The van der Waals surface area contributed by atoms with Gasteiger partial charge < -0.3 is 5.73 Å². The molecule has 0 saturated carbocycles. The molecule has 0 aliphatic heterocycles. The maximum absolute atomic E-state index is 12.2. The fraction of sp³-hybridized carbons (Fsp3) is 0.154. The Balaban J connectivity index is 2.22. The van der Waals surface area contributed by atoms with Crippen molar-refractivity contribution in [2.45, 2.75) is 17.9 Å². The van der Waals surface area contributed by atoms with Gasteiger partial charge in [-0.3, -0.25) is 0 Å². The molecular formula is C13H14BrN3O2S.